The number of rotatable bonds is 6. The van der Waals surface area contributed by atoms with Crippen LogP contribution in [0.1, 0.15) is 22.5 Å². The van der Waals surface area contributed by atoms with Crippen molar-refractivity contribution < 1.29 is 19.0 Å². The van der Waals surface area contributed by atoms with Crippen molar-refractivity contribution in [1.82, 2.24) is 25.0 Å². The van der Waals surface area contributed by atoms with Crippen molar-refractivity contribution in [1.29, 1.82) is 0 Å². The molecule has 9 heteroatoms. The number of carbonyl (C=O) groups is 2. The smallest absolute Gasteiger partial charge is 0.248 e. The van der Waals surface area contributed by atoms with Gasteiger partial charge in [-0.05, 0) is 24.5 Å². The van der Waals surface area contributed by atoms with Crippen LogP contribution in [-0.2, 0) is 33.8 Å². The molecule has 0 unspecified atom stereocenters. The Hall–Kier alpha value is -2.78. The number of fused-ring (bicyclic) bond motifs is 1. The molecule has 0 N–H and O–H groups in total. The molecule has 3 heterocycles. The number of amides is 2. The summed E-state index contributed by atoms with van der Waals surface area (Å²) in [5.74, 6) is -0.149. The van der Waals surface area contributed by atoms with Gasteiger partial charge in [0.1, 0.15) is 24.6 Å². The van der Waals surface area contributed by atoms with E-state index in [1.165, 1.54) is 11.1 Å². The summed E-state index contributed by atoms with van der Waals surface area (Å²) in [5.41, 5.74) is 4.11. The first-order chi connectivity index (χ1) is 14.6. The number of benzene rings is 1. The highest BCUT2D eigenvalue weighted by Crippen LogP contribution is 2.18. The molecule has 0 saturated carbocycles. The second-order valence-corrected chi connectivity index (χ2v) is 7.78. The highest BCUT2D eigenvalue weighted by molar-refractivity contribution is 5.80. The zero-order chi connectivity index (χ0) is 20.9. The van der Waals surface area contributed by atoms with Crippen LogP contribution in [-0.4, -0.2) is 82.8 Å². The summed E-state index contributed by atoms with van der Waals surface area (Å²) < 4.78 is 10.2. The van der Waals surface area contributed by atoms with Crippen LogP contribution in [0.15, 0.2) is 28.9 Å². The maximum Gasteiger partial charge on any atom is 0.248 e. The molecule has 1 aromatic heterocycles. The zero-order valence-electron chi connectivity index (χ0n) is 17.2. The minimum absolute atomic E-state index is 0.0632. The molecule has 0 spiro atoms. The maximum atomic E-state index is 12.4. The first-order valence-electron chi connectivity index (χ1n) is 10.3. The number of piperazine rings is 1. The van der Waals surface area contributed by atoms with E-state index >= 15 is 0 Å². The van der Waals surface area contributed by atoms with Crippen molar-refractivity contribution in [2.45, 2.75) is 26.4 Å². The van der Waals surface area contributed by atoms with Crippen molar-refractivity contribution in [2.24, 2.45) is 0 Å². The molecule has 2 aromatic rings. The van der Waals surface area contributed by atoms with Gasteiger partial charge in [0.25, 0.3) is 0 Å². The van der Waals surface area contributed by atoms with Crippen LogP contribution in [0.2, 0.25) is 0 Å². The first-order valence-corrected chi connectivity index (χ1v) is 10.3. The van der Waals surface area contributed by atoms with Gasteiger partial charge >= 0.3 is 0 Å². The Bertz CT molecular complexity index is 891. The van der Waals surface area contributed by atoms with E-state index in [9.17, 15) is 9.59 Å². The standard InChI is InChI=1S/C21H27N5O4/c1-16-19(23-30-22-16)13-24-8-10-25(11-9-24)20(27)14-29-15-21(28)26-7-6-17-4-2-3-5-18(17)12-26/h2-5H,6-15H2,1H3. The molecule has 4 rings (SSSR count). The van der Waals surface area contributed by atoms with Crippen molar-refractivity contribution in [3.63, 3.8) is 0 Å². The normalized spacial score (nSPS) is 17.1. The second kappa shape index (κ2) is 9.36. The largest absolute Gasteiger partial charge is 0.362 e. The Morgan fingerprint density at radius 2 is 1.67 bits per heavy atom. The Kier molecular flexibility index (Phi) is 6.39. The molecule has 0 radical (unpaired) electrons. The molecule has 1 saturated heterocycles. The third-order valence-corrected chi connectivity index (χ3v) is 5.78. The van der Waals surface area contributed by atoms with Gasteiger partial charge in [0.05, 0.1) is 0 Å². The summed E-state index contributed by atoms with van der Waals surface area (Å²) in [6.45, 7) is 6.47. The van der Waals surface area contributed by atoms with E-state index in [2.05, 4.69) is 27.3 Å². The highest BCUT2D eigenvalue weighted by atomic mass is 16.6. The number of hydrogen-bond acceptors (Lipinski definition) is 7. The minimum Gasteiger partial charge on any atom is -0.362 e. The van der Waals surface area contributed by atoms with Gasteiger partial charge in [-0.15, -0.1) is 0 Å². The topological polar surface area (TPSA) is 92.0 Å². The number of aromatic nitrogens is 2. The Morgan fingerprint density at radius 1 is 0.967 bits per heavy atom. The van der Waals surface area contributed by atoms with Crippen LogP contribution in [0.3, 0.4) is 0 Å². The Morgan fingerprint density at radius 3 is 2.37 bits per heavy atom. The first kappa shape index (κ1) is 20.5. The molecule has 2 amide bonds. The monoisotopic (exact) mass is 413 g/mol. The van der Waals surface area contributed by atoms with Crippen molar-refractivity contribution >= 4 is 11.8 Å². The molecule has 9 nitrogen and oxygen atoms in total. The van der Waals surface area contributed by atoms with Gasteiger partial charge in [0.15, 0.2) is 0 Å². The molecule has 1 fully saturated rings. The van der Waals surface area contributed by atoms with Crippen LogP contribution >= 0.6 is 0 Å². The minimum atomic E-state index is -0.0780. The fourth-order valence-electron chi connectivity index (χ4n) is 3.88. The zero-order valence-corrected chi connectivity index (χ0v) is 17.2. The van der Waals surface area contributed by atoms with E-state index in [-0.39, 0.29) is 25.0 Å². The summed E-state index contributed by atoms with van der Waals surface area (Å²) in [6, 6.07) is 8.18. The quantitative estimate of drug-likeness (QED) is 0.686. The number of nitrogens with zero attached hydrogens (tertiary/aromatic N) is 5. The van der Waals surface area contributed by atoms with Gasteiger partial charge in [-0.25, -0.2) is 4.63 Å². The summed E-state index contributed by atoms with van der Waals surface area (Å²) in [5, 5.41) is 7.70. The Balaban J connectivity index is 1.16. The van der Waals surface area contributed by atoms with Gasteiger partial charge in [0, 0.05) is 45.8 Å². The average Bonchev–Trinajstić information content (AvgIpc) is 3.18. The summed E-state index contributed by atoms with van der Waals surface area (Å²) >= 11 is 0. The van der Waals surface area contributed by atoms with E-state index in [0.29, 0.717) is 32.7 Å². The number of aryl methyl sites for hydroxylation is 1. The third-order valence-electron chi connectivity index (χ3n) is 5.78. The van der Waals surface area contributed by atoms with Crippen molar-refractivity contribution in [3.8, 4) is 0 Å². The van der Waals surface area contributed by atoms with Crippen LogP contribution in [0.4, 0.5) is 0 Å². The molecule has 2 aliphatic rings. The van der Waals surface area contributed by atoms with Gasteiger partial charge in [-0.2, -0.15) is 0 Å². The van der Waals surface area contributed by atoms with E-state index < -0.39 is 0 Å². The lowest BCUT2D eigenvalue weighted by molar-refractivity contribution is -0.143. The van der Waals surface area contributed by atoms with Crippen molar-refractivity contribution in [2.75, 3.05) is 45.9 Å². The summed E-state index contributed by atoms with van der Waals surface area (Å²) in [4.78, 5) is 30.7. The van der Waals surface area contributed by atoms with Gasteiger partial charge in [-0.1, -0.05) is 34.6 Å². The molecular formula is C21H27N5O4. The number of carbonyl (C=O) groups excluding carboxylic acids is 2. The summed E-state index contributed by atoms with van der Waals surface area (Å²) in [6.07, 6.45) is 0.856. The fraction of sp³-hybridized carbons (Fsp3) is 0.524. The fourth-order valence-corrected chi connectivity index (χ4v) is 3.88. The van der Waals surface area contributed by atoms with Crippen LogP contribution in [0, 0.1) is 6.92 Å². The van der Waals surface area contributed by atoms with Gasteiger partial charge in [-0.3, -0.25) is 14.5 Å². The van der Waals surface area contributed by atoms with Crippen LogP contribution in [0.25, 0.3) is 0 Å². The van der Waals surface area contributed by atoms with E-state index in [1.54, 1.807) is 9.80 Å². The lowest BCUT2D eigenvalue weighted by Gasteiger charge is -2.34. The molecule has 0 atom stereocenters. The molecular weight excluding hydrogens is 386 g/mol. The SMILES string of the molecule is Cc1nonc1CN1CCN(C(=O)COCC(=O)N2CCc3ccccc3C2)CC1. The van der Waals surface area contributed by atoms with Crippen LogP contribution < -0.4 is 0 Å². The third kappa shape index (κ3) is 4.85. The van der Waals surface area contributed by atoms with Gasteiger partial charge < -0.3 is 14.5 Å². The van der Waals surface area contributed by atoms with Gasteiger partial charge in [0.2, 0.25) is 11.8 Å². The Labute approximate surface area is 175 Å². The molecule has 160 valence electrons. The average molecular weight is 413 g/mol. The highest BCUT2D eigenvalue weighted by Gasteiger charge is 2.24. The molecule has 2 aliphatic heterocycles. The lowest BCUT2D eigenvalue weighted by atomic mass is 10.00. The molecule has 0 bridgehead atoms. The van der Waals surface area contributed by atoms with E-state index in [1.807, 2.05) is 19.1 Å². The summed E-state index contributed by atoms with van der Waals surface area (Å²) in [7, 11) is 0. The van der Waals surface area contributed by atoms with E-state index in [0.717, 1.165) is 30.9 Å². The second-order valence-electron chi connectivity index (χ2n) is 7.78. The van der Waals surface area contributed by atoms with Crippen LogP contribution in [0.5, 0.6) is 0 Å². The predicted molar refractivity (Wildman–Crippen MR) is 107 cm³/mol. The molecule has 30 heavy (non-hydrogen) atoms. The number of ether oxygens (including phenoxy) is 1. The predicted octanol–water partition coefficient (Wildman–Crippen LogP) is 0.624. The molecule has 0 aliphatic carbocycles. The maximum absolute atomic E-state index is 12.4. The van der Waals surface area contributed by atoms with Crippen molar-refractivity contribution in [3.05, 3.63) is 46.8 Å². The van der Waals surface area contributed by atoms with E-state index in [4.69, 9.17) is 9.37 Å². The lowest BCUT2D eigenvalue weighted by Crippen LogP contribution is -2.49. The number of hydrogen-bond donors (Lipinski definition) is 0. The molecule has 1 aromatic carbocycles.